The molecule has 2 rings (SSSR count). The van der Waals surface area contributed by atoms with Crippen LogP contribution in [-0.2, 0) is 28.9 Å². The summed E-state index contributed by atoms with van der Waals surface area (Å²) in [6, 6.07) is 8.69. The molecule has 0 amide bonds. The van der Waals surface area contributed by atoms with Crippen molar-refractivity contribution < 1.29 is 13.5 Å². The second kappa shape index (κ2) is 6.65. The molecule has 0 aliphatic rings. The van der Waals surface area contributed by atoms with Gasteiger partial charge in [-0.2, -0.15) is 5.10 Å². The highest BCUT2D eigenvalue weighted by molar-refractivity contribution is 7.88. The fraction of sp³-hybridized carbons (Fsp3) is 0.308. The van der Waals surface area contributed by atoms with Crippen molar-refractivity contribution in [3.05, 3.63) is 53.9 Å². The number of aliphatic hydroxyl groups excluding tert-OH is 1. The van der Waals surface area contributed by atoms with E-state index in [4.69, 9.17) is 5.11 Å². The molecular formula is C13H17N3O3S. The van der Waals surface area contributed by atoms with Crippen molar-refractivity contribution in [2.45, 2.75) is 18.9 Å². The summed E-state index contributed by atoms with van der Waals surface area (Å²) in [6.07, 6.45) is 3.42. The van der Waals surface area contributed by atoms with Crippen LogP contribution >= 0.6 is 0 Å². The third-order valence-corrected chi connectivity index (χ3v) is 4.11. The van der Waals surface area contributed by atoms with Gasteiger partial charge in [0, 0.05) is 18.9 Å². The molecule has 0 spiro atoms. The van der Waals surface area contributed by atoms with Gasteiger partial charge in [-0.05, 0) is 17.2 Å². The van der Waals surface area contributed by atoms with Gasteiger partial charge in [0.1, 0.15) is 0 Å². The highest BCUT2D eigenvalue weighted by Crippen LogP contribution is 2.08. The summed E-state index contributed by atoms with van der Waals surface area (Å²) in [5.74, 6) is -0.0973. The Hall–Kier alpha value is -1.70. The Kier molecular flexibility index (Phi) is 4.89. The van der Waals surface area contributed by atoms with Crippen LogP contribution in [0.1, 0.15) is 11.1 Å². The Balaban J connectivity index is 1.89. The first-order chi connectivity index (χ1) is 9.59. The Morgan fingerprint density at radius 2 is 2.05 bits per heavy atom. The lowest BCUT2D eigenvalue weighted by atomic mass is 10.1. The maximum absolute atomic E-state index is 11.9. The van der Waals surface area contributed by atoms with E-state index in [0.717, 1.165) is 0 Å². The van der Waals surface area contributed by atoms with Crippen LogP contribution in [0.2, 0.25) is 0 Å². The number of hydrogen-bond acceptors (Lipinski definition) is 4. The fourth-order valence-electron chi connectivity index (χ4n) is 1.84. The lowest BCUT2D eigenvalue weighted by Gasteiger charge is -2.08. The molecule has 1 aromatic heterocycles. The molecule has 6 nitrogen and oxygen atoms in total. The Morgan fingerprint density at radius 1 is 1.25 bits per heavy atom. The number of nitrogens with zero attached hydrogens (tertiary/aromatic N) is 2. The van der Waals surface area contributed by atoms with Crippen LogP contribution in [0.4, 0.5) is 0 Å². The van der Waals surface area contributed by atoms with Gasteiger partial charge in [-0.1, -0.05) is 24.3 Å². The highest BCUT2D eigenvalue weighted by atomic mass is 32.2. The number of rotatable bonds is 7. The summed E-state index contributed by atoms with van der Waals surface area (Å²) in [6.45, 7) is 0.688. The van der Waals surface area contributed by atoms with Crippen molar-refractivity contribution in [3.63, 3.8) is 0 Å². The monoisotopic (exact) mass is 295 g/mol. The SMILES string of the molecule is O=S(=O)(Cc1cccc(CO)c1)NCCn1cccn1. The Bertz CT molecular complexity index is 639. The fourth-order valence-corrected chi connectivity index (χ4v) is 2.96. The standard InChI is InChI=1S/C13H17N3O3S/c17-10-12-3-1-4-13(9-12)11-20(18,19)15-6-8-16-7-2-5-14-16/h1-5,7,9,15,17H,6,8,10-11H2. The van der Waals surface area contributed by atoms with Crippen LogP contribution in [0.25, 0.3) is 0 Å². The van der Waals surface area contributed by atoms with E-state index >= 15 is 0 Å². The zero-order valence-corrected chi connectivity index (χ0v) is 11.8. The first-order valence-corrected chi connectivity index (χ1v) is 7.88. The van der Waals surface area contributed by atoms with Crippen LogP contribution in [0.3, 0.4) is 0 Å². The second-order valence-corrected chi connectivity index (χ2v) is 6.21. The molecule has 0 saturated heterocycles. The van der Waals surface area contributed by atoms with E-state index in [1.807, 2.05) is 0 Å². The predicted octanol–water partition coefficient (Wildman–Crippen LogP) is 0.495. The summed E-state index contributed by atoms with van der Waals surface area (Å²) in [7, 11) is -3.39. The van der Waals surface area contributed by atoms with E-state index in [2.05, 4.69) is 9.82 Å². The number of aromatic nitrogens is 2. The smallest absolute Gasteiger partial charge is 0.215 e. The quantitative estimate of drug-likeness (QED) is 0.779. The van der Waals surface area contributed by atoms with E-state index in [1.165, 1.54) is 0 Å². The Labute approximate surface area is 118 Å². The third-order valence-electron chi connectivity index (χ3n) is 2.75. The molecule has 1 heterocycles. The molecule has 0 unspecified atom stereocenters. The molecule has 0 saturated carbocycles. The number of aliphatic hydroxyl groups is 1. The van der Waals surface area contributed by atoms with E-state index in [9.17, 15) is 8.42 Å². The predicted molar refractivity (Wildman–Crippen MR) is 75.2 cm³/mol. The minimum Gasteiger partial charge on any atom is -0.392 e. The average molecular weight is 295 g/mol. The molecule has 108 valence electrons. The molecule has 2 aromatic rings. The molecule has 1 aromatic carbocycles. The van der Waals surface area contributed by atoms with Crippen molar-refractivity contribution in [2.75, 3.05) is 6.54 Å². The van der Waals surface area contributed by atoms with Gasteiger partial charge < -0.3 is 5.11 Å². The largest absolute Gasteiger partial charge is 0.392 e. The molecule has 7 heteroatoms. The van der Waals surface area contributed by atoms with Gasteiger partial charge in [0.25, 0.3) is 0 Å². The molecule has 2 N–H and O–H groups in total. The van der Waals surface area contributed by atoms with E-state index in [-0.39, 0.29) is 12.4 Å². The van der Waals surface area contributed by atoms with Gasteiger partial charge in [0.2, 0.25) is 10.0 Å². The first kappa shape index (κ1) is 14.7. The third kappa shape index (κ3) is 4.44. The van der Waals surface area contributed by atoms with Gasteiger partial charge in [0.05, 0.1) is 18.9 Å². The highest BCUT2D eigenvalue weighted by Gasteiger charge is 2.11. The molecule has 0 aliphatic carbocycles. The molecule has 0 bridgehead atoms. The summed E-state index contributed by atoms with van der Waals surface area (Å²) in [5, 5.41) is 13.0. The zero-order valence-electron chi connectivity index (χ0n) is 10.9. The number of benzene rings is 1. The molecular weight excluding hydrogens is 278 g/mol. The van der Waals surface area contributed by atoms with Crippen molar-refractivity contribution >= 4 is 10.0 Å². The molecule has 0 aliphatic heterocycles. The molecule has 0 radical (unpaired) electrons. The van der Waals surface area contributed by atoms with Gasteiger partial charge in [0.15, 0.2) is 0 Å². The van der Waals surface area contributed by atoms with Crippen molar-refractivity contribution in [3.8, 4) is 0 Å². The van der Waals surface area contributed by atoms with Crippen LogP contribution in [-0.4, -0.2) is 29.8 Å². The average Bonchev–Trinajstić information content (AvgIpc) is 2.91. The normalized spacial score (nSPS) is 11.7. The molecule has 0 atom stereocenters. The maximum Gasteiger partial charge on any atom is 0.215 e. The van der Waals surface area contributed by atoms with Crippen LogP contribution in [0, 0.1) is 0 Å². The van der Waals surface area contributed by atoms with Gasteiger partial charge in [-0.3, -0.25) is 4.68 Å². The number of hydrogen-bond donors (Lipinski definition) is 2. The molecule has 0 fully saturated rings. The van der Waals surface area contributed by atoms with Crippen molar-refractivity contribution in [2.24, 2.45) is 0 Å². The zero-order chi connectivity index (χ0) is 14.4. The van der Waals surface area contributed by atoms with Crippen molar-refractivity contribution in [1.82, 2.24) is 14.5 Å². The van der Waals surface area contributed by atoms with Crippen LogP contribution in [0.15, 0.2) is 42.7 Å². The van der Waals surface area contributed by atoms with Crippen LogP contribution < -0.4 is 4.72 Å². The van der Waals surface area contributed by atoms with E-state index in [1.54, 1.807) is 47.4 Å². The minimum absolute atomic E-state index is 0.0966. The number of sulfonamides is 1. The lowest BCUT2D eigenvalue weighted by molar-refractivity contribution is 0.282. The second-order valence-electron chi connectivity index (χ2n) is 4.40. The Morgan fingerprint density at radius 3 is 2.75 bits per heavy atom. The maximum atomic E-state index is 11.9. The van der Waals surface area contributed by atoms with E-state index < -0.39 is 10.0 Å². The lowest BCUT2D eigenvalue weighted by Crippen LogP contribution is -2.28. The first-order valence-electron chi connectivity index (χ1n) is 6.22. The van der Waals surface area contributed by atoms with Gasteiger partial charge in [-0.15, -0.1) is 0 Å². The summed E-state index contributed by atoms with van der Waals surface area (Å²) in [5.41, 5.74) is 1.36. The van der Waals surface area contributed by atoms with Gasteiger partial charge >= 0.3 is 0 Å². The van der Waals surface area contributed by atoms with Crippen LogP contribution in [0.5, 0.6) is 0 Å². The number of nitrogens with one attached hydrogen (secondary N) is 1. The minimum atomic E-state index is -3.39. The summed E-state index contributed by atoms with van der Waals surface area (Å²) >= 11 is 0. The summed E-state index contributed by atoms with van der Waals surface area (Å²) in [4.78, 5) is 0. The van der Waals surface area contributed by atoms with Crippen molar-refractivity contribution in [1.29, 1.82) is 0 Å². The molecule has 20 heavy (non-hydrogen) atoms. The topological polar surface area (TPSA) is 84.2 Å². The van der Waals surface area contributed by atoms with E-state index in [0.29, 0.717) is 24.2 Å². The van der Waals surface area contributed by atoms with Gasteiger partial charge in [-0.25, -0.2) is 13.1 Å². The summed E-state index contributed by atoms with van der Waals surface area (Å²) < 4.78 is 28.0.